The van der Waals surface area contributed by atoms with Gasteiger partial charge in [0.05, 0.1) is 16.5 Å². The summed E-state index contributed by atoms with van der Waals surface area (Å²) in [6.07, 6.45) is 0. The fraction of sp³-hybridized carbons (Fsp3) is 0.200. The number of nitro groups is 1. The lowest BCUT2D eigenvalue weighted by Crippen LogP contribution is -2.45. The zero-order chi connectivity index (χ0) is 20.4. The Hall–Kier alpha value is -3.68. The Morgan fingerprint density at radius 2 is 1.68 bits per heavy atom. The first-order valence-corrected chi connectivity index (χ1v) is 8.67. The van der Waals surface area contributed by atoms with Gasteiger partial charge in [0, 0.05) is 23.5 Å². The van der Waals surface area contributed by atoms with Gasteiger partial charge in [0.25, 0.3) is 11.6 Å². The van der Waals surface area contributed by atoms with Crippen molar-refractivity contribution in [3.63, 3.8) is 0 Å². The second-order valence-electron chi connectivity index (χ2n) is 6.75. The highest BCUT2D eigenvalue weighted by atomic mass is 16.6. The van der Waals surface area contributed by atoms with Gasteiger partial charge in [-0.05, 0) is 61.7 Å². The predicted molar refractivity (Wildman–Crippen MR) is 105 cm³/mol. The number of aryl methyl sites for hydroxylation is 2. The van der Waals surface area contributed by atoms with E-state index in [4.69, 9.17) is 0 Å². The van der Waals surface area contributed by atoms with Crippen LogP contribution in [0.3, 0.4) is 0 Å². The lowest BCUT2D eigenvalue weighted by atomic mass is 9.94. The summed E-state index contributed by atoms with van der Waals surface area (Å²) in [7, 11) is 0. The van der Waals surface area contributed by atoms with Crippen LogP contribution in [0.1, 0.15) is 29.7 Å². The second kappa shape index (κ2) is 7.51. The van der Waals surface area contributed by atoms with E-state index in [0.717, 1.165) is 11.1 Å². The summed E-state index contributed by atoms with van der Waals surface area (Å²) in [6, 6.07) is 10.3. The summed E-state index contributed by atoms with van der Waals surface area (Å²) in [5.74, 6) is -0.363. The molecule has 0 saturated carbocycles. The molecule has 1 aliphatic rings. The van der Waals surface area contributed by atoms with E-state index in [2.05, 4.69) is 16.0 Å². The normalized spacial score (nSPS) is 16.2. The van der Waals surface area contributed by atoms with E-state index in [1.54, 1.807) is 6.92 Å². The molecule has 1 atom stereocenters. The molecule has 2 aromatic rings. The van der Waals surface area contributed by atoms with E-state index < -0.39 is 17.0 Å². The van der Waals surface area contributed by atoms with Crippen LogP contribution in [0.15, 0.2) is 53.7 Å². The van der Waals surface area contributed by atoms with Crippen molar-refractivity contribution in [2.45, 2.75) is 26.8 Å². The SMILES string of the molecule is CC1=C(C(=O)Nc2cc(C)cc(C)c2)C(c2ccc([N+](=O)[O-])cc2)NC(=O)N1. The lowest BCUT2D eigenvalue weighted by molar-refractivity contribution is -0.384. The van der Waals surface area contributed by atoms with Crippen LogP contribution in [0.2, 0.25) is 0 Å². The number of anilines is 1. The van der Waals surface area contributed by atoms with E-state index in [1.165, 1.54) is 24.3 Å². The molecule has 0 spiro atoms. The number of rotatable bonds is 4. The fourth-order valence-electron chi connectivity index (χ4n) is 3.28. The Labute approximate surface area is 161 Å². The summed E-state index contributed by atoms with van der Waals surface area (Å²) in [5, 5.41) is 19.1. The van der Waals surface area contributed by atoms with Crippen LogP contribution in [0.4, 0.5) is 16.2 Å². The molecule has 8 heteroatoms. The third-order valence-corrected chi connectivity index (χ3v) is 4.43. The van der Waals surface area contributed by atoms with E-state index in [-0.39, 0.29) is 11.6 Å². The molecule has 2 aromatic carbocycles. The van der Waals surface area contributed by atoms with E-state index >= 15 is 0 Å². The molecule has 1 aliphatic heterocycles. The molecule has 3 amide bonds. The Kier molecular flexibility index (Phi) is 5.12. The third-order valence-electron chi connectivity index (χ3n) is 4.43. The number of hydrogen-bond donors (Lipinski definition) is 3. The van der Waals surface area contributed by atoms with E-state index in [1.807, 2.05) is 32.0 Å². The van der Waals surface area contributed by atoms with Gasteiger partial charge in [0.2, 0.25) is 0 Å². The maximum Gasteiger partial charge on any atom is 0.319 e. The zero-order valence-corrected chi connectivity index (χ0v) is 15.7. The maximum absolute atomic E-state index is 13.0. The molecule has 3 rings (SSSR count). The first-order chi connectivity index (χ1) is 13.2. The van der Waals surface area contributed by atoms with Crippen molar-refractivity contribution in [3.8, 4) is 0 Å². The number of carbonyl (C=O) groups is 2. The Bertz CT molecular complexity index is 976. The molecule has 0 aromatic heterocycles. The van der Waals surface area contributed by atoms with Crippen LogP contribution in [-0.4, -0.2) is 16.9 Å². The van der Waals surface area contributed by atoms with Gasteiger partial charge < -0.3 is 16.0 Å². The number of nitrogens with one attached hydrogen (secondary N) is 3. The van der Waals surface area contributed by atoms with Crippen LogP contribution < -0.4 is 16.0 Å². The summed E-state index contributed by atoms with van der Waals surface area (Å²) in [6.45, 7) is 5.53. The third kappa shape index (κ3) is 4.01. The van der Waals surface area contributed by atoms with Crippen molar-refractivity contribution in [1.29, 1.82) is 0 Å². The molecule has 1 heterocycles. The van der Waals surface area contributed by atoms with Gasteiger partial charge in [-0.15, -0.1) is 0 Å². The standard InChI is InChI=1S/C20H20N4O4/c1-11-8-12(2)10-15(9-11)22-19(25)17-13(3)21-20(26)23-18(17)14-4-6-16(7-5-14)24(27)28/h4-10,18H,1-3H3,(H,22,25)(H2,21,23,26). The summed E-state index contributed by atoms with van der Waals surface area (Å²) in [5.41, 5.74) is 3.96. The number of amides is 3. The smallest absolute Gasteiger partial charge is 0.319 e. The van der Waals surface area contributed by atoms with Crippen molar-refractivity contribution in [2.75, 3.05) is 5.32 Å². The van der Waals surface area contributed by atoms with Gasteiger partial charge in [-0.25, -0.2) is 4.79 Å². The van der Waals surface area contributed by atoms with Crippen LogP contribution in [0.5, 0.6) is 0 Å². The van der Waals surface area contributed by atoms with Crippen LogP contribution >= 0.6 is 0 Å². The number of benzene rings is 2. The number of non-ortho nitro benzene ring substituents is 1. The van der Waals surface area contributed by atoms with Crippen molar-refractivity contribution >= 4 is 23.3 Å². The summed E-state index contributed by atoms with van der Waals surface area (Å²) < 4.78 is 0. The van der Waals surface area contributed by atoms with Crippen molar-refractivity contribution in [3.05, 3.63) is 80.5 Å². The lowest BCUT2D eigenvalue weighted by Gasteiger charge is -2.28. The van der Waals surface area contributed by atoms with Crippen LogP contribution in [0.25, 0.3) is 0 Å². The molecule has 28 heavy (non-hydrogen) atoms. The second-order valence-corrected chi connectivity index (χ2v) is 6.75. The molecule has 0 fully saturated rings. The minimum atomic E-state index is -0.722. The van der Waals surface area contributed by atoms with Gasteiger partial charge in [-0.1, -0.05) is 6.07 Å². The monoisotopic (exact) mass is 380 g/mol. The molecule has 144 valence electrons. The predicted octanol–water partition coefficient (Wildman–Crippen LogP) is 3.48. The number of allylic oxidation sites excluding steroid dienone is 1. The molecule has 0 aliphatic carbocycles. The highest BCUT2D eigenvalue weighted by molar-refractivity contribution is 6.06. The minimum absolute atomic E-state index is 0.0639. The molecule has 3 N–H and O–H groups in total. The number of hydrogen-bond acceptors (Lipinski definition) is 4. The van der Waals surface area contributed by atoms with E-state index in [0.29, 0.717) is 22.5 Å². The summed E-state index contributed by atoms with van der Waals surface area (Å²) in [4.78, 5) is 35.3. The molecule has 0 bridgehead atoms. The number of carbonyl (C=O) groups excluding carboxylic acids is 2. The Balaban J connectivity index is 1.94. The number of nitro benzene ring substituents is 1. The average Bonchev–Trinajstić information content (AvgIpc) is 2.60. The Morgan fingerprint density at radius 3 is 2.25 bits per heavy atom. The van der Waals surface area contributed by atoms with Crippen molar-refractivity contribution < 1.29 is 14.5 Å². The molecular weight excluding hydrogens is 360 g/mol. The fourth-order valence-corrected chi connectivity index (χ4v) is 3.28. The first kappa shape index (κ1) is 19.1. The topological polar surface area (TPSA) is 113 Å². The first-order valence-electron chi connectivity index (χ1n) is 8.67. The molecule has 1 unspecified atom stereocenters. The molecule has 8 nitrogen and oxygen atoms in total. The Morgan fingerprint density at radius 1 is 1.07 bits per heavy atom. The van der Waals surface area contributed by atoms with Gasteiger partial charge in [0.15, 0.2) is 0 Å². The van der Waals surface area contributed by atoms with Crippen molar-refractivity contribution in [1.82, 2.24) is 10.6 Å². The van der Waals surface area contributed by atoms with Gasteiger partial charge in [-0.3, -0.25) is 14.9 Å². The molecular formula is C20H20N4O4. The quantitative estimate of drug-likeness (QED) is 0.556. The van der Waals surface area contributed by atoms with Gasteiger partial charge in [0.1, 0.15) is 0 Å². The maximum atomic E-state index is 13.0. The van der Waals surface area contributed by atoms with Gasteiger partial charge >= 0.3 is 6.03 Å². The van der Waals surface area contributed by atoms with E-state index in [9.17, 15) is 19.7 Å². The zero-order valence-electron chi connectivity index (χ0n) is 15.7. The van der Waals surface area contributed by atoms with Crippen molar-refractivity contribution in [2.24, 2.45) is 0 Å². The van der Waals surface area contributed by atoms with Crippen LogP contribution in [0, 0.1) is 24.0 Å². The average molecular weight is 380 g/mol. The molecule has 0 saturated heterocycles. The highest BCUT2D eigenvalue weighted by Gasteiger charge is 2.31. The van der Waals surface area contributed by atoms with Gasteiger partial charge in [-0.2, -0.15) is 0 Å². The number of urea groups is 1. The van der Waals surface area contributed by atoms with Crippen LogP contribution in [-0.2, 0) is 4.79 Å². The minimum Gasteiger partial charge on any atom is -0.327 e. The molecule has 0 radical (unpaired) electrons. The largest absolute Gasteiger partial charge is 0.327 e. The summed E-state index contributed by atoms with van der Waals surface area (Å²) >= 11 is 0. The number of nitrogens with zero attached hydrogens (tertiary/aromatic N) is 1. The highest BCUT2D eigenvalue weighted by Crippen LogP contribution is 2.29.